The summed E-state index contributed by atoms with van der Waals surface area (Å²) in [5.74, 6) is 1.98. The van der Waals surface area contributed by atoms with Gasteiger partial charge in [-0.3, -0.25) is 9.69 Å². The van der Waals surface area contributed by atoms with E-state index in [-0.39, 0.29) is 5.91 Å². The summed E-state index contributed by atoms with van der Waals surface area (Å²) in [6.07, 6.45) is 4.36. The summed E-state index contributed by atoms with van der Waals surface area (Å²) in [7, 11) is 0. The molecular weight excluding hydrogens is 420 g/mol. The molecule has 1 N–H and O–H groups in total. The number of pyridine rings is 1. The molecule has 9 heteroatoms. The van der Waals surface area contributed by atoms with E-state index in [1.807, 2.05) is 50.8 Å². The molecule has 0 spiro atoms. The normalized spacial score (nSPS) is 18.5. The third-order valence-electron chi connectivity index (χ3n) is 5.81. The van der Waals surface area contributed by atoms with Crippen LogP contribution < -0.4 is 5.32 Å². The van der Waals surface area contributed by atoms with Gasteiger partial charge in [0.2, 0.25) is 5.91 Å². The highest BCUT2D eigenvalue weighted by Crippen LogP contribution is 2.28. The molecule has 2 aliphatic rings. The van der Waals surface area contributed by atoms with Crippen molar-refractivity contribution < 1.29 is 14.3 Å². The Hall–Kier alpha value is -3.23. The quantitative estimate of drug-likeness (QED) is 0.759. The van der Waals surface area contributed by atoms with Crippen LogP contribution in [0.4, 0.5) is 16.4 Å². The lowest BCUT2D eigenvalue weighted by Crippen LogP contribution is -2.54. The largest absolute Gasteiger partial charge is 0.444 e. The van der Waals surface area contributed by atoms with Crippen molar-refractivity contribution in [1.29, 1.82) is 0 Å². The van der Waals surface area contributed by atoms with E-state index in [2.05, 4.69) is 20.3 Å². The average molecular weight is 453 g/mol. The van der Waals surface area contributed by atoms with Crippen LogP contribution in [0.1, 0.15) is 57.1 Å². The van der Waals surface area contributed by atoms with Gasteiger partial charge in [-0.05, 0) is 59.1 Å². The van der Waals surface area contributed by atoms with Crippen molar-refractivity contribution in [3.63, 3.8) is 0 Å². The number of carbonyl (C=O) groups excluding carboxylic acids is 2. The molecule has 9 nitrogen and oxygen atoms in total. The fraction of sp³-hybridized carbons (Fsp3) is 0.542. The Labute approximate surface area is 194 Å². The molecule has 2 amide bonds. The number of ether oxygens (including phenoxy) is 1. The number of likely N-dealkylation sites (tertiary alicyclic amines) is 1. The highest BCUT2D eigenvalue weighted by atomic mass is 16.6. The fourth-order valence-electron chi connectivity index (χ4n) is 4.33. The van der Waals surface area contributed by atoms with Crippen molar-refractivity contribution in [2.75, 3.05) is 18.4 Å². The Bertz CT molecular complexity index is 1020. The Balaban J connectivity index is 1.55. The van der Waals surface area contributed by atoms with Gasteiger partial charge in [0, 0.05) is 31.3 Å². The molecule has 1 fully saturated rings. The lowest BCUT2D eigenvalue weighted by atomic mass is 9.99. The molecule has 0 bridgehead atoms. The average Bonchev–Trinajstić information content (AvgIpc) is 2.78. The molecule has 33 heavy (non-hydrogen) atoms. The number of piperidine rings is 1. The second kappa shape index (κ2) is 9.33. The molecule has 0 unspecified atom stereocenters. The number of aryl methyl sites for hydroxylation is 1. The molecule has 0 radical (unpaired) electrons. The third-order valence-corrected chi connectivity index (χ3v) is 5.81. The lowest BCUT2D eigenvalue weighted by molar-refractivity contribution is -0.139. The fourth-order valence-corrected chi connectivity index (χ4v) is 4.33. The molecule has 1 saturated heterocycles. The highest BCUT2D eigenvalue weighted by Gasteiger charge is 2.38. The van der Waals surface area contributed by atoms with Crippen LogP contribution in [0.3, 0.4) is 0 Å². The summed E-state index contributed by atoms with van der Waals surface area (Å²) < 4.78 is 5.58. The first-order chi connectivity index (χ1) is 15.7. The minimum Gasteiger partial charge on any atom is -0.444 e. The van der Waals surface area contributed by atoms with Crippen LogP contribution in [-0.4, -0.2) is 61.5 Å². The monoisotopic (exact) mass is 452 g/mol. The highest BCUT2D eigenvalue weighted by molar-refractivity contribution is 5.86. The van der Waals surface area contributed by atoms with Crippen molar-refractivity contribution >= 4 is 23.6 Å². The van der Waals surface area contributed by atoms with Gasteiger partial charge in [0.05, 0.1) is 12.2 Å². The predicted octanol–water partition coefficient (Wildman–Crippen LogP) is 3.60. The summed E-state index contributed by atoms with van der Waals surface area (Å²) in [5, 5.41) is 3.28. The van der Waals surface area contributed by atoms with Crippen molar-refractivity contribution in [1.82, 2.24) is 24.8 Å². The number of rotatable bonds is 3. The first-order valence-corrected chi connectivity index (χ1v) is 11.5. The third kappa shape index (κ3) is 5.40. The molecule has 4 rings (SSSR count). The van der Waals surface area contributed by atoms with E-state index in [1.165, 1.54) is 0 Å². The van der Waals surface area contributed by atoms with Crippen LogP contribution >= 0.6 is 0 Å². The Morgan fingerprint density at radius 2 is 1.97 bits per heavy atom. The summed E-state index contributed by atoms with van der Waals surface area (Å²) in [6.45, 7) is 8.86. The van der Waals surface area contributed by atoms with E-state index in [1.54, 1.807) is 11.1 Å². The first-order valence-electron chi connectivity index (χ1n) is 11.5. The number of amides is 2. The molecule has 4 heterocycles. The van der Waals surface area contributed by atoms with Crippen LogP contribution in [0.15, 0.2) is 24.4 Å². The van der Waals surface area contributed by atoms with Crippen LogP contribution in [0, 0.1) is 6.92 Å². The maximum absolute atomic E-state index is 13.6. The maximum atomic E-state index is 13.6. The number of nitrogens with one attached hydrogen (secondary N) is 1. The van der Waals surface area contributed by atoms with Gasteiger partial charge in [-0.15, -0.1) is 0 Å². The van der Waals surface area contributed by atoms with E-state index in [0.717, 1.165) is 24.1 Å². The van der Waals surface area contributed by atoms with E-state index in [0.29, 0.717) is 49.9 Å². The topological polar surface area (TPSA) is 101 Å². The van der Waals surface area contributed by atoms with Crippen molar-refractivity contribution in [3.05, 3.63) is 41.5 Å². The van der Waals surface area contributed by atoms with Crippen LogP contribution in [0.25, 0.3) is 0 Å². The van der Waals surface area contributed by atoms with Gasteiger partial charge in [-0.1, -0.05) is 6.07 Å². The second-order valence-corrected chi connectivity index (χ2v) is 9.58. The first kappa shape index (κ1) is 22.9. The molecule has 0 aromatic carbocycles. The smallest absolute Gasteiger partial charge is 0.410 e. The number of hydrogen-bond acceptors (Lipinski definition) is 7. The van der Waals surface area contributed by atoms with Crippen LogP contribution in [0.2, 0.25) is 0 Å². The van der Waals surface area contributed by atoms with Gasteiger partial charge in [-0.25, -0.2) is 19.7 Å². The summed E-state index contributed by atoms with van der Waals surface area (Å²) in [5.41, 5.74) is 1.23. The number of hydrogen-bond donors (Lipinski definition) is 1. The minimum atomic E-state index is -0.604. The zero-order valence-corrected chi connectivity index (χ0v) is 19.8. The Kier molecular flexibility index (Phi) is 6.49. The second-order valence-electron chi connectivity index (χ2n) is 9.58. The minimum absolute atomic E-state index is 0.0458. The van der Waals surface area contributed by atoms with Gasteiger partial charge in [0.15, 0.2) is 0 Å². The zero-order valence-electron chi connectivity index (χ0n) is 19.8. The number of carbonyl (C=O) groups is 2. The SMILES string of the molecule is Cc1nc2c(c(Nc3ccccn3)n1)CN(C(=O)[C@@H]1CCCCN1C(=O)OC(C)(C)C)CC2. The predicted molar refractivity (Wildman–Crippen MR) is 124 cm³/mol. The van der Waals surface area contributed by atoms with Gasteiger partial charge in [-0.2, -0.15) is 0 Å². The number of nitrogens with zero attached hydrogens (tertiary/aromatic N) is 5. The molecular formula is C24H32N6O3. The number of fused-ring (bicyclic) bond motifs is 1. The van der Waals surface area contributed by atoms with E-state index in [4.69, 9.17) is 4.74 Å². The van der Waals surface area contributed by atoms with Gasteiger partial charge in [0.1, 0.15) is 29.1 Å². The van der Waals surface area contributed by atoms with Gasteiger partial charge >= 0.3 is 6.09 Å². The van der Waals surface area contributed by atoms with Gasteiger partial charge in [0.25, 0.3) is 0 Å². The van der Waals surface area contributed by atoms with E-state index >= 15 is 0 Å². The van der Waals surface area contributed by atoms with Crippen LogP contribution in [0.5, 0.6) is 0 Å². The van der Waals surface area contributed by atoms with Crippen molar-refractivity contribution in [2.45, 2.75) is 71.6 Å². The standard InChI is InChI=1S/C24H32N6O3/c1-16-26-18-11-14-29(15-17(18)21(27-16)28-20-10-5-7-12-25-20)22(31)19-9-6-8-13-30(19)23(32)33-24(2,3)4/h5,7,10,12,19H,6,8-9,11,13-15H2,1-4H3,(H,25,26,27,28)/t19-/m0/s1. The van der Waals surface area contributed by atoms with Crippen LogP contribution in [-0.2, 0) is 22.5 Å². The zero-order chi connectivity index (χ0) is 23.6. The van der Waals surface area contributed by atoms with Gasteiger partial charge < -0.3 is 15.0 Å². The van der Waals surface area contributed by atoms with E-state index < -0.39 is 17.7 Å². The molecule has 2 aromatic heterocycles. The number of anilines is 2. The summed E-state index contributed by atoms with van der Waals surface area (Å²) in [6, 6.07) is 5.12. The Morgan fingerprint density at radius 1 is 1.15 bits per heavy atom. The molecule has 2 aromatic rings. The molecule has 0 aliphatic carbocycles. The van der Waals surface area contributed by atoms with Crippen molar-refractivity contribution in [3.8, 4) is 0 Å². The maximum Gasteiger partial charge on any atom is 0.410 e. The molecule has 176 valence electrons. The van der Waals surface area contributed by atoms with E-state index in [9.17, 15) is 9.59 Å². The number of aromatic nitrogens is 3. The molecule has 2 aliphatic heterocycles. The summed E-state index contributed by atoms with van der Waals surface area (Å²) >= 11 is 0. The molecule has 1 atom stereocenters. The van der Waals surface area contributed by atoms with Crippen molar-refractivity contribution in [2.24, 2.45) is 0 Å². The molecule has 0 saturated carbocycles. The Morgan fingerprint density at radius 3 is 2.70 bits per heavy atom. The lowest BCUT2D eigenvalue weighted by Gasteiger charge is -2.39. The summed E-state index contributed by atoms with van der Waals surface area (Å²) in [4.78, 5) is 43.3.